The van der Waals surface area contributed by atoms with Crippen molar-refractivity contribution >= 4 is 23.8 Å². The Hall–Kier alpha value is -2.15. The number of amides is 1. The summed E-state index contributed by atoms with van der Waals surface area (Å²) in [5.74, 6) is -0.548. The Labute approximate surface area is 108 Å². The van der Waals surface area contributed by atoms with Gasteiger partial charge in [-0.2, -0.15) is 0 Å². The number of nitrogens with one attached hydrogen (secondary N) is 1. The van der Waals surface area contributed by atoms with Crippen LogP contribution in [-0.4, -0.2) is 43.3 Å². The molecule has 0 radical (unpaired) electrons. The smallest absolute Gasteiger partial charge is 0.415 e. The Kier molecular flexibility index (Phi) is 3.96. The van der Waals surface area contributed by atoms with E-state index in [2.05, 4.69) is 5.32 Å². The molecule has 1 atom stereocenters. The van der Waals surface area contributed by atoms with Crippen LogP contribution >= 0.6 is 0 Å². The van der Waals surface area contributed by atoms with E-state index in [0.29, 0.717) is 12.0 Å². The third-order valence-corrected chi connectivity index (χ3v) is 2.68. The molecule has 1 aromatic rings. The molecular weight excluding hydrogens is 255 g/mol. The molecule has 0 aliphatic carbocycles. The summed E-state index contributed by atoms with van der Waals surface area (Å²) in [6.45, 7) is 0.196. The molecule has 7 heteroatoms. The molecule has 6 nitrogen and oxygen atoms in total. The number of hydrogen-bond acceptors (Lipinski definition) is 5. The zero-order chi connectivity index (χ0) is 13.8. The summed E-state index contributed by atoms with van der Waals surface area (Å²) in [5, 5.41) is 11.3. The minimum absolute atomic E-state index is 0.0746. The number of aldehydes is 1. The fourth-order valence-corrected chi connectivity index (χ4v) is 1.77. The van der Waals surface area contributed by atoms with Crippen LogP contribution < -0.4 is 10.2 Å². The van der Waals surface area contributed by atoms with Crippen molar-refractivity contribution in [3.05, 3.63) is 24.0 Å². The number of benzene rings is 1. The van der Waals surface area contributed by atoms with E-state index in [1.54, 1.807) is 0 Å². The van der Waals surface area contributed by atoms with Crippen LogP contribution in [0.2, 0.25) is 0 Å². The van der Waals surface area contributed by atoms with Crippen molar-refractivity contribution in [2.75, 3.05) is 29.9 Å². The second-order valence-electron chi connectivity index (χ2n) is 3.98. The van der Waals surface area contributed by atoms with Gasteiger partial charge in [0, 0.05) is 6.54 Å². The van der Waals surface area contributed by atoms with Gasteiger partial charge in [0.2, 0.25) is 0 Å². The second-order valence-corrected chi connectivity index (χ2v) is 3.98. The SMILES string of the molecule is O=C[C@H]1CN(c2ccc(NCCO)c(F)c2)C(=O)O1. The molecule has 0 saturated carbocycles. The number of carbonyl (C=O) groups is 2. The molecule has 1 fully saturated rings. The lowest BCUT2D eigenvalue weighted by Gasteiger charge is -2.14. The summed E-state index contributed by atoms with van der Waals surface area (Å²) >= 11 is 0. The van der Waals surface area contributed by atoms with Crippen LogP contribution in [0.4, 0.5) is 20.6 Å². The monoisotopic (exact) mass is 268 g/mol. The molecule has 1 aromatic carbocycles. The second kappa shape index (κ2) is 5.66. The number of rotatable bonds is 5. The molecule has 1 saturated heterocycles. The third kappa shape index (κ3) is 2.82. The Morgan fingerprint density at radius 1 is 1.58 bits per heavy atom. The van der Waals surface area contributed by atoms with Gasteiger partial charge in [-0.3, -0.25) is 9.69 Å². The lowest BCUT2D eigenvalue weighted by atomic mass is 10.2. The van der Waals surface area contributed by atoms with E-state index in [-0.39, 0.29) is 25.4 Å². The van der Waals surface area contributed by atoms with Crippen molar-refractivity contribution in [3.63, 3.8) is 0 Å². The Bertz CT molecular complexity index is 495. The highest BCUT2D eigenvalue weighted by molar-refractivity contribution is 5.92. The minimum Gasteiger partial charge on any atom is -0.436 e. The highest BCUT2D eigenvalue weighted by atomic mass is 19.1. The predicted molar refractivity (Wildman–Crippen MR) is 65.7 cm³/mol. The minimum atomic E-state index is -0.817. The van der Waals surface area contributed by atoms with Gasteiger partial charge in [-0.15, -0.1) is 0 Å². The highest BCUT2D eigenvalue weighted by Crippen LogP contribution is 2.25. The molecule has 0 aromatic heterocycles. The van der Waals surface area contributed by atoms with E-state index < -0.39 is 18.0 Å². The maximum Gasteiger partial charge on any atom is 0.415 e. The van der Waals surface area contributed by atoms with Gasteiger partial charge in [-0.05, 0) is 18.2 Å². The maximum atomic E-state index is 13.7. The van der Waals surface area contributed by atoms with E-state index in [4.69, 9.17) is 9.84 Å². The van der Waals surface area contributed by atoms with E-state index in [1.165, 1.54) is 23.1 Å². The van der Waals surface area contributed by atoms with Gasteiger partial charge in [-0.25, -0.2) is 9.18 Å². The Morgan fingerprint density at radius 3 is 2.95 bits per heavy atom. The zero-order valence-electron chi connectivity index (χ0n) is 10.0. The quantitative estimate of drug-likeness (QED) is 0.771. The first-order valence-electron chi connectivity index (χ1n) is 5.73. The van der Waals surface area contributed by atoms with Crippen LogP contribution in [-0.2, 0) is 9.53 Å². The van der Waals surface area contributed by atoms with Gasteiger partial charge in [0.05, 0.1) is 24.5 Å². The summed E-state index contributed by atoms with van der Waals surface area (Å²) in [6, 6.07) is 4.17. The topological polar surface area (TPSA) is 78.9 Å². The number of halogens is 1. The molecule has 0 unspecified atom stereocenters. The van der Waals surface area contributed by atoms with Crippen molar-refractivity contribution in [1.82, 2.24) is 0 Å². The van der Waals surface area contributed by atoms with E-state index in [0.717, 1.165) is 0 Å². The molecule has 2 rings (SSSR count). The maximum absolute atomic E-state index is 13.7. The molecule has 1 amide bonds. The molecular formula is C12H13FN2O4. The number of ether oxygens (including phenoxy) is 1. The first-order chi connectivity index (χ1) is 9.15. The Balaban J connectivity index is 2.15. The Morgan fingerprint density at radius 2 is 2.37 bits per heavy atom. The summed E-state index contributed by atoms with van der Waals surface area (Å²) < 4.78 is 18.5. The number of aliphatic hydroxyl groups excluding tert-OH is 1. The summed E-state index contributed by atoms with van der Waals surface area (Å²) in [5.41, 5.74) is 0.554. The standard InChI is InChI=1S/C12H13FN2O4/c13-10-5-8(1-2-11(10)14-3-4-16)15-6-9(7-17)19-12(15)18/h1-2,5,7,9,14,16H,3-4,6H2/t9-/m1/s1. The first kappa shape index (κ1) is 13.3. The average Bonchev–Trinajstić information content (AvgIpc) is 2.78. The number of cyclic esters (lactones) is 1. The predicted octanol–water partition coefficient (Wildman–Crippen LogP) is 0.754. The van der Waals surface area contributed by atoms with Crippen LogP contribution in [0.1, 0.15) is 0 Å². The van der Waals surface area contributed by atoms with Crippen LogP contribution in [0.25, 0.3) is 0 Å². The van der Waals surface area contributed by atoms with E-state index in [9.17, 15) is 14.0 Å². The lowest BCUT2D eigenvalue weighted by Crippen LogP contribution is -2.24. The summed E-state index contributed by atoms with van der Waals surface area (Å²) in [7, 11) is 0. The van der Waals surface area contributed by atoms with Gasteiger partial charge in [0.1, 0.15) is 5.82 Å². The molecule has 19 heavy (non-hydrogen) atoms. The molecule has 0 spiro atoms. The van der Waals surface area contributed by atoms with Gasteiger partial charge in [0.25, 0.3) is 0 Å². The number of hydrogen-bond donors (Lipinski definition) is 2. The molecule has 2 N–H and O–H groups in total. The van der Waals surface area contributed by atoms with Crippen LogP contribution in [0.15, 0.2) is 18.2 Å². The van der Waals surface area contributed by atoms with Crippen LogP contribution in [0, 0.1) is 5.82 Å². The van der Waals surface area contributed by atoms with Crippen molar-refractivity contribution in [2.24, 2.45) is 0 Å². The fourth-order valence-electron chi connectivity index (χ4n) is 1.77. The van der Waals surface area contributed by atoms with Crippen LogP contribution in [0.3, 0.4) is 0 Å². The van der Waals surface area contributed by atoms with Crippen LogP contribution in [0.5, 0.6) is 0 Å². The third-order valence-electron chi connectivity index (χ3n) is 2.68. The normalized spacial score (nSPS) is 18.3. The van der Waals surface area contributed by atoms with E-state index in [1.807, 2.05) is 0 Å². The van der Waals surface area contributed by atoms with Crippen molar-refractivity contribution < 1.29 is 23.8 Å². The van der Waals surface area contributed by atoms with E-state index >= 15 is 0 Å². The lowest BCUT2D eigenvalue weighted by molar-refractivity contribution is -0.113. The van der Waals surface area contributed by atoms with Crippen molar-refractivity contribution in [1.29, 1.82) is 0 Å². The molecule has 1 aliphatic rings. The number of carbonyl (C=O) groups excluding carboxylic acids is 2. The fraction of sp³-hybridized carbons (Fsp3) is 0.333. The van der Waals surface area contributed by atoms with Gasteiger partial charge in [0.15, 0.2) is 12.4 Å². The summed E-state index contributed by atoms with van der Waals surface area (Å²) in [4.78, 5) is 23.2. The van der Waals surface area contributed by atoms with Crippen molar-refractivity contribution in [3.8, 4) is 0 Å². The van der Waals surface area contributed by atoms with Crippen molar-refractivity contribution in [2.45, 2.75) is 6.10 Å². The van der Waals surface area contributed by atoms with Gasteiger partial charge < -0.3 is 15.2 Å². The van der Waals surface area contributed by atoms with Gasteiger partial charge in [-0.1, -0.05) is 0 Å². The molecule has 1 heterocycles. The van der Waals surface area contributed by atoms with Gasteiger partial charge >= 0.3 is 6.09 Å². The molecule has 102 valence electrons. The first-order valence-corrected chi connectivity index (χ1v) is 5.73. The number of anilines is 2. The highest BCUT2D eigenvalue weighted by Gasteiger charge is 2.32. The number of nitrogens with zero attached hydrogens (tertiary/aromatic N) is 1. The average molecular weight is 268 g/mol. The number of aliphatic hydroxyl groups is 1. The zero-order valence-corrected chi connectivity index (χ0v) is 10.0. The molecule has 0 bridgehead atoms. The largest absolute Gasteiger partial charge is 0.436 e. The summed E-state index contributed by atoms with van der Waals surface area (Å²) in [6.07, 6.45) is -0.957. The molecule has 1 aliphatic heterocycles.